The molecule has 2 aliphatic rings. The summed E-state index contributed by atoms with van der Waals surface area (Å²) < 4.78 is 1.87. The summed E-state index contributed by atoms with van der Waals surface area (Å²) >= 11 is 0. The molecule has 0 radical (unpaired) electrons. The Morgan fingerprint density at radius 1 is 1.07 bits per heavy atom. The Bertz CT molecular complexity index is 1080. The van der Waals surface area contributed by atoms with Crippen LogP contribution >= 0.6 is 0 Å². The number of aromatic nitrogens is 4. The minimum absolute atomic E-state index is 0.0249. The maximum atomic E-state index is 13.3. The lowest BCUT2D eigenvalue weighted by Crippen LogP contribution is -2.39. The van der Waals surface area contributed by atoms with E-state index < -0.39 is 0 Å². The third-order valence-corrected chi connectivity index (χ3v) is 6.40. The van der Waals surface area contributed by atoms with Gasteiger partial charge in [-0.3, -0.25) is 9.78 Å². The molecule has 1 atom stereocenters. The molecule has 2 fully saturated rings. The summed E-state index contributed by atoms with van der Waals surface area (Å²) in [5.74, 6) is 1.11. The minimum Gasteiger partial charge on any atom is -0.356 e. The van der Waals surface area contributed by atoms with Gasteiger partial charge in [0.25, 0.3) is 5.91 Å². The highest BCUT2D eigenvalue weighted by Crippen LogP contribution is 2.33. The van der Waals surface area contributed by atoms with Gasteiger partial charge in [-0.25, -0.2) is 9.50 Å². The van der Waals surface area contributed by atoms with Crippen molar-refractivity contribution in [3.63, 3.8) is 0 Å². The van der Waals surface area contributed by atoms with Crippen LogP contribution in [-0.2, 0) is 0 Å². The van der Waals surface area contributed by atoms with Gasteiger partial charge in [-0.15, -0.1) is 0 Å². The predicted molar refractivity (Wildman–Crippen MR) is 116 cm³/mol. The highest BCUT2D eigenvalue weighted by molar-refractivity contribution is 5.95. The number of pyridine rings is 1. The summed E-state index contributed by atoms with van der Waals surface area (Å²) in [4.78, 5) is 26.8. The number of nitrogens with zero attached hydrogens (tertiary/aromatic N) is 6. The zero-order valence-corrected chi connectivity index (χ0v) is 17.7. The standard InChI is InChI=1S/C23H28N6O/c1-16-8-9-24-14-18(16)23(30)28-12-4-3-7-20(28)19-13-21-25-22(27-10-5-6-11-27)17(2)15-29(21)26-19/h8-9,13-15,20H,3-7,10-12H2,1-2H3. The van der Waals surface area contributed by atoms with E-state index in [4.69, 9.17) is 10.1 Å². The van der Waals surface area contributed by atoms with Gasteiger partial charge in [0, 0.05) is 49.9 Å². The van der Waals surface area contributed by atoms with Crippen LogP contribution in [0, 0.1) is 13.8 Å². The first-order valence-corrected chi connectivity index (χ1v) is 11.0. The zero-order chi connectivity index (χ0) is 20.7. The maximum absolute atomic E-state index is 13.3. The molecule has 0 aliphatic carbocycles. The molecule has 0 N–H and O–H groups in total. The Kier molecular flexibility index (Phi) is 4.89. The average molecular weight is 405 g/mol. The minimum atomic E-state index is -0.0249. The Hall–Kier alpha value is -2.96. The Balaban J connectivity index is 1.49. The molecule has 7 heteroatoms. The van der Waals surface area contributed by atoms with Gasteiger partial charge in [0.15, 0.2) is 5.65 Å². The van der Waals surface area contributed by atoms with Gasteiger partial charge >= 0.3 is 0 Å². The molecule has 5 rings (SSSR count). The smallest absolute Gasteiger partial charge is 0.256 e. The number of carbonyl (C=O) groups excluding carboxylic acids is 1. The molecule has 156 valence electrons. The molecule has 0 bridgehead atoms. The molecule has 0 saturated carbocycles. The number of hydrogen-bond donors (Lipinski definition) is 0. The van der Waals surface area contributed by atoms with Crippen molar-refractivity contribution in [2.45, 2.75) is 52.0 Å². The van der Waals surface area contributed by atoms with Gasteiger partial charge in [0.2, 0.25) is 0 Å². The van der Waals surface area contributed by atoms with Crippen molar-refractivity contribution in [3.8, 4) is 0 Å². The van der Waals surface area contributed by atoms with Crippen LogP contribution in [-0.4, -0.2) is 50.0 Å². The summed E-state index contributed by atoms with van der Waals surface area (Å²) in [6, 6.07) is 3.93. The molecule has 2 aliphatic heterocycles. The second-order valence-electron chi connectivity index (χ2n) is 8.51. The van der Waals surface area contributed by atoms with E-state index in [1.165, 1.54) is 12.8 Å². The SMILES string of the molecule is Cc1ccncc1C(=O)N1CCCCC1c1cc2nc(N3CCCC3)c(C)cn2n1. The van der Waals surface area contributed by atoms with Crippen molar-refractivity contribution in [3.05, 3.63) is 53.1 Å². The van der Waals surface area contributed by atoms with Crippen LogP contribution in [0.25, 0.3) is 5.65 Å². The molecular weight excluding hydrogens is 376 g/mol. The largest absolute Gasteiger partial charge is 0.356 e. The molecular formula is C23H28N6O. The first-order valence-electron chi connectivity index (χ1n) is 11.0. The molecule has 0 aromatic carbocycles. The Labute approximate surface area is 176 Å². The van der Waals surface area contributed by atoms with E-state index in [2.05, 4.69) is 29.1 Å². The molecule has 1 unspecified atom stereocenters. The third-order valence-electron chi connectivity index (χ3n) is 6.40. The molecule has 5 heterocycles. The molecule has 0 spiro atoms. The van der Waals surface area contributed by atoms with Crippen LogP contribution in [0.1, 0.15) is 65.3 Å². The van der Waals surface area contributed by atoms with Crippen LogP contribution in [0.2, 0.25) is 0 Å². The summed E-state index contributed by atoms with van der Waals surface area (Å²) in [6.45, 7) is 6.95. The number of likely N-dealkylation sites (tertiary alicyclic amines) is 1. The van der Waals surface area contributed by atoms with Crippen LogP contribution in [0.3, 0.4) is 0 Å². The van der Waals surface area contributed by atoms with Crippen molar-refractivity contribution in [2.75, 3.05) is 24.5 Å². The van der Waals surface area contributed by atoms with Crippen molar-refractivity contribution >= 4 is 17.4 Å². The molecule has 2 saturated heterocycles. The van der Waals surface area contributed by atoms with Crippen LogP contribution < -0.4 is 4.90 Å². The number of amides is 1. The Morgan fingerprint density at radius 3 is 2.67 bits per heavy atom. The lowest BCUT2D eigenvalue weighted by Gasteiger charge is -2.35. The van der Waals surface area contributed by atoms with E-state index >= 15 is 0 Å². The maximum Gasteiger partial charge on any atom is 0.256 e. The zero-order valence-electron chi connectivity index (χ0n) is 17.7. The number of aryl methyl sites for hydroxylation is 2. The van der Waals surface area contributed by atoms with Crippen LogP contribution in [0.15, 0.2) is 30.7 Å². The number of rotatable bonds is 3. The third kappa shape index (κ3) is 3.32. The summed E-state index contributed by atoms with van der Waals surface area (Å²) in [5.41, 5.74) is 4.56. The van der Waals surface area contributed by atoms with Gasteiger partial charge < -0.3 is 9.80 Å². The van der Waals surface area contributed by atoms with Gasteiger partial charge in [0.1, 0.15) is 5.82 Å². The second kappa shape index (κ2) is 7.70. The van der Waals surface area contributed by atoms with Crippen LogP contribution in [0.4, 0.5) is 5.82 Å². The predicted octanol–water partition coefficient (Wildman–Crippen LogP) is 3.71. The van der Waals surface area contributed by atoms with Crippen molar-refractivity contribution in [1.82, 2.24) is 24.5 Å². The van der Waals surface area contributed by atoms with Gasteiger partial charge in [0.05, 0.1) is 17.3 Å². The molecule has 3 aromatic rings. The molecule has 30 heavy (non-hydrogen) atoms. The quantitative estimate of drug-likeness (QED) is 0.666. The monoisotopic (exact) mass is 404 g/mol. The fraction of sp³-hybridized carbons (Fsp3) is 0.478. The summed E-state index contributed by atoms with van der Waals surface area (Å²) in [5, 5.41) is 4.84. The summed E-state index contributed by atoms with van der Waals surface area (Å²) in [6.07, 6.45) is 11.0. The van der Waals surface area contributed by atoms with Crippen LogP contribution in [0.5, 0.6) is 0 Å². The highest BCUT2D eigenvalue weighted by atomic mass is 16.2. The number of carbonyl (C=O) groups is 1. The first kappa shape index (κ1) is 19.0. The average Bonchev–Trinajstić information content (AvgIpc) is 3.42. The van der Waals surface area contributed by atoms with E-state index in [0.29, 0.717) is 5.56 Å². The fourth-order valence-corrected chi connectivity index (χ4v) is 4.76. The number of piperidine rings is 1. The summed E-state index contributed by atoms with van der Waals surface area (Å²) in [7, 11) is 0. The number of fused-ring (bicyclic) bond motifs is 1. The van der Waals surface area contributed by atoms with Crippen molar-refractivity contribution in [2.24, 2.45) is 0 Å². The van der Waals surface area contributed by atoms with Gasteiger partial charge in [-0.05, 0) is 57.6 Å². The van der Waals surface area contributed by atoms with E-state index in [0.717, 1.165) is 67.2 Å². The highest BCUT2D eigenvalue weighted by Gasteiger charge is 2.31. The normalized spacial score (nSPS) is 19.6. The van der Waals surface area contributed by atoms with E-state index in [-0.39, 0.29) is 11.9 Å². The van der Waals surface area contributed by atoms with Crippen molar-refractivity contribution in [1.29, 1.82) is 0 Å². The van der Waals surface area contributed by atoms with E-state index in [9.17, 15) is 4.79 Å². The van der Waals surface area contributed by atoms with Gasteiger partial charge in [-0.1, -0.05) is 0 Å². The van der Waals surface area contributed by atoms with E-state index in [1.807, 2.05) is 22.4 Å². The van der Waals surface area contributed by atoms with E-state index in [1.54, 1.807) is 12.4 Å². The molecule has 3 aromatic heterocycles. The van der Waals surface area contributed by atoms with Gasteiger partial charge in [-0.2, -0.15) is 5.10 Å². The molecule has 7 nitrogen and oxygen atoms in total. The Morgan fingerprint density at radius 2 is 1.87 bits per heavy atom. The number of anilines is 1. The second-order valence-corrected chi connectivity index (χ2v) is 8.51. The first-order chi connectivity index (χ1) is 14.6. The number of hydrogen-bond acceptors (Lipinski definition) is 5. The lowest BCUT2D eigenvalue weighted by molar-refractivity contribution is 0.0604. The van der Waals surface area contributed by atoms with Crippen molar-refractivity contribution < 1.29 is 4.79 Å². The molecule has 1 amide bonds. The topological polar surface area (TPSA) is 66.6 Å². The fourth-order valence-electron chi connectivity index (χ4n) is 4.76. The lowest BCUT2D eigenvalue weighted by atomic mass is 9.98.